The number of carbonyl (C=O) groups is 1. The number of hydrogen-bond acceptors (Lipinski definition) is 5. The Labute approximate surface area is 97.6 Å². The highest BCUT2D eigenvalue weighted by Crippen LogP contribution is 2.22. The van der Waals surface area contributed by atoms with Gasteiger partial charge >= 0.3 is 5.97 Å². The number of hydrogen-bond donors (Lipinski definition) is 3. The number of benzene rings is 1. The molecule has 0 fully saturated rings. The summed E-state index contributed by atoms with van der Waals surface area (Å²) < 4.78 is 17.3. The van der Waals surface area contributed by atoms with Crippen LogP contribution < -0.4 is 5.73 Å². The molecule has 0 bridgehead atoms. The van der Waals surface area contributed by atoms with E-state index in [9.17, 15) is 19.4 Å². The second-order valence-corrected chi connectivity index (χ2v) is 3.46. The van der Waals surface area contributed by atoms with Gasteiger partial charge in [0.1, 0.15) is 11.9 Å². The van der Waals surface area contributed by atoms with Crippen LogP contribution >= 0.6 is 0 Å². The number of halogens is 1. The Kier molecular flexibility index (Phi) is 4.56. The van der Waals surface area contributed by atoms with Gasteiger partial charge in [-0.1, -0.05) is 6.07 Å². The van der Waals surface area contributed by atoms with Gasteiger partial charge in [0.05, 0.1) is 7.11 Å². The van der Waals surface area contributed by atoms with E-state index >= 15 is 0 Å². The first kappa shape index (κ1) is 13.6. The lowest BCUT2D eigenvalue weighted by atomic mass is 9.98. The summed E-state index contributed by atoms with van der Waals surface area (Å²) >= 11 is 0. The summed E-state index contributed by atoms with van der Waals surface area (Å²) in [6.07, 6.45) is -3.34. The van der Waals surface area contributed by atoms with Crippen LogP contribution in [0.2, 0.25) is 0 Å². The van der Waals surface area contributed by atoms with E-state index in [2.05, 4.69) is 4.74 Å². The van der Waals surface area contributed by atoms with Crippen LogP contribution in [0.1, 0.15) is 17.2 Å². The maximum absolute atomic E-state index is 13.0. The zero-order valence-electron chi connectivity index (χ0n) is 9.26. The van der Waals surface area contributed by atoms with Crippen molar-refractivity contribution in [1.82, 2.24) is 0 Å². The molecular weight excluding hydrogens is 229 g/mol. The van der Waals surface area contributed by atoms with Crippen LogP contribution in [0.5, 0.6) is 0 Å². The second kappa shape index (κ2) is 5.72. The average molecular weight is 243 g/mol. The lowest BCUT2D eigenvalue weighted by molar-refractivity contribution is -0.156. The average Bonchev–Trinajstić information content (AvgIpc) is 2.35. The van der Waals surface area contributed by atoms with Crippen molar-refractivity contribution in [2.75, 3.05) is 7.11 Å². The fourth-order valence-electron chi connectivity index (χ4n) is 1.45. The van der Waals surface area contributed by atoms with Gasteiger partial charge in [0, 0.05) is 6.54 Å². The molecule has 6 heteroatoms. The third-order valence-electron chi connectivity index (χ3n) is 2.39. The van der Waals surface area contributed by atoms with Gasteiger partial charge in [-0.15, -0.1) is 0 Å². The van der Waals surface area contributed by atoms with Gasteiger partial charge < -0.3 is 20.7 Å². The third-order valence-corrected chi connectivity index (χ3v) is 2.39. The number of ether oxygens (including phenoxy) is 1. The van der Waals surface area contributed by atoms with Crippen molar-refractivity contribution < 1.29 is 24.1 Å². The van der Waals surface area contributed by atoms with Crippen molar-refractivity contribution in [3.05, 3.63) is 35.1 Å². The Morgan fingerprint density at radius 1 is 1.53 bits per heavy atom. The van der Waals surface area contributed by atoms with Crippen LogP contribution in [0.25, 0.3) is 0 Å². The predicted octanol–water partition coefficient (Wildman–Crippen LogP) is -0.148. The van der Waals surface area contributed by atoms with Crippen molar-refractivity contribution in [2.45, 2.75) is 18.8 Å². The van der Waals surface area contributed by atoms with Crippen LogP contribution in [0.3, 0.4) is 0 Å². The number of rotatable bonds is 4. The molecule has 0 radical (unpaired) electrons. The Hall–Kier alpha value is -1.50. The van der Waals surface area contributed by atoms with Gasteiger partial charge in [0.2, 0.25) is 0 Å². The summed E-state index contributed by atoms with van der Waals surface area (Å²) in [5.74, 6) is -1.59. The molecule has 0 spiro atoms. The van der Waals surface area contributed by atoms with Gasteiger partial charge in [-0.05, 0) is 23.3 Å². The monoisotopic (exact) mass is 243 g/mol. The zero-order valence-corrected chi connectivity index (χ0v) is 9.26. The summed E-state index contributed by atoms with van der Waals surface area (Å²) in [5, 5.41) is 19.2. The van der Waals surface area contributed by atoms with E-state index in [0.717, 1.165) is 13.2 Å². The molecule has 0 aliphatic heterocycles. The highest BCUT2D eigenvalue weighted by Gasteiger charge is 2.28. The summed E-state index contributed by atoms with van der Waals surface area (Å²) in [6.45, 7) is 0.0561. The molecule has 2 atom stereocenters. The first-order valence-corrected chi connectivity index (χ1v) is 4.93. The molecule has 0 aliphatic rings. The molecular formula is C11H14FNO4. The first-order valence-electron chi connectivity index (χ1n) is 4.93. The molecule has 0 amide bonds. The van der Waals surface area contributed by atoms with E-state index < -0.39 is 24.0 Å². The normalized spacial score (nSPS) is 14.2. The largest absolute Gasteiger partial charge is 0.467 e. The van der Waals surface area contributed by atoms with Crippen LogP contribution in [-0.2, 0) is 16.1 Å². The Balaban J connectivity index is 3.05. The van der Waals surface area contributed by atoms with E-state index in [1.807, 2.05) is 0 Å². The lowest BCUT2D eigenvalue weighted by Crippen LogP contribution is -2.30. The first-order chi connectivity index (χ1) is 8.01. The molecule has 17 heavy (non-hydrogen) atoms. The van der Waals surface area contributed by atoms with Crippen molar-refractivity contribution in [3.8, 4) is 0 Å². The SMILES string of the molecule is COC(=O)C(O)C(O)c1cc(F)ccc1CN. The van der Waals surface area contributed by atoms with Crippen LogP contribution in [0.4, 0.5) is 4.39 Å². The van der Waals surface area contributed by atoms with Crippen molar-refractivity contribution >= 4 is 5.97 Å². The molecule has 1 rings (SSSR count). The quantitative estimate of drug-likeness (QED) is 0.640. The molecule has 94 valence electrons. The molecule has 4 N–H and O–H groups in total. The molecule has 1 aromatic rings. The number of esters is 1. The number of carbonyl (C=O) groups excluding carboxylic acids is 1. The van der Waals surface area contributed by atoms with E-state index in [0.29, 0.717) is 5.56 Å². The fraction of sp³-hybridized carbons (Fsp3) is 0.364. The Bertz CT molecular complexity index is 410. The summed E-state index contributed by atoms with van der Waals surface area (Å²) in [4.78, 5) is 11.1. The van der Waals surface area contributed by atoms with Crippen LogP contribution in [0, 0.1) is 5.82 Å². The van der Waals surface area contributed by atoms with Crippen molar-refractivity contribution in [1.29, 1.82) is 0 Å². The molecule has 0 aliphatic carbocycles. The minimum Gasteiger partial charge on any atom is -0.467 e. The van der Waals surface area contributed by atoms with Gasteiger partial charge in [-0.3, -0.25) is 0 Å². The smallest absolute Gasteiger partial charge is 0.337 e. The molecule has 1 aromatic carbocycles. The molecule has 0 saturated heterocycles. The highest BCUT2D eigenvalue weighted by molar-refractivity contribution is 5.75. The maximum atomic E-state index is 13.0. The molecule has 0 saturated carbocycles. The van der Waals surface area contributed by atoms with E-state index in [4.69, 9.17) is 5.73 Å². The summed E-state index contributed by atoms with van der Waals surface area (Å²) in [7, 11) is 1.08. The highest BCUT2D eigenvalue weighted by atomic mass is 19.1. The standard InChI is InChI=1S/C11H14FNO4/c1-17-11(16)10(15)9(14)8-4-7(12)3-2-6(8)5-13/h2-4,9-10,14-15H,5,13H2,1H3. The number of methoxy groups -OCH3 is 1. The van der Waals surface area contributed by atoms with E-state index in [-0.39, 0.29) is 12.1 Å². The van der Waals surface area contributed by atoms with E-state index in [1.54, 1.807) is 0 Å². The van der Waals surface area contributed by atoms with Crippen LogP contribution in [-0.4, -0.2) is 29.4 Å². The van der Waals surface area contributed by atoms with Gasteiger partial charge in [0.15, 0.2) is 6.10 Å². The Morgan fingerprint density at radius 3 is 2.71 bits per heavy atom. The predicted molar refractivity (Wildman–Crippen MR) is 57.3 cm³/mol. The summed E-state index contributed by atoms with van der Waals surface area (Å²) in [5.41, 5.74) is 5.94. The minimum absolute atomic E-state index is 0.0561. The lowest BCUT2D eigenvalue weighted by Gasteiger charge is -2.18. The zero-order chi connectivity index (χ0) is 13.0. The minimum atomic E-state index is -1.77. The van der Waals surface area contributed by atoms with Crippen LogP contribution in [0.15, 0.2) is 18.2 Å². The summed E-state index contributed by atoms with van der Waals surface area (Å²) in [6, 6.07) is 3.60. The maximum Gasteiger partial charge on any atom is 0.337 e. The van der Waals surface area contributed by atoms with Crippen molar-refractivity contribution in [2.24, 2.45) is 5.73 Å². The van der Waals surface area contributed by atoms with E-state index in [1.165, 1.54) is 12.1 Å². The van der Waals surface area contributed by atoms with Gasteiger partial charge in [0.25, 0.3) is 0 Å². The van der Waals surface area contributed by atoms with Crippen molar-refractivity contribution in [3.63, 3.8) is 0 Å². The molecule has 5 nitrogen and oxygen atoms in total. The number of aliphatic hydroxyl groups is 2. The number of aliphatic hydroxyl groups excluding tert-OH is 2. The fourth-order valence-corrected chi connectivity index (χ4v) is 1.45. The van der Waals surface area contributed by atoms with Gasteiger partial charge in [-0.25, -0.2) is 9.18 Å². The second-order valence-electron chi connectivity index (χ2n) is 3.46. The molecule has 0 aromatic heterocycles. The molecule has 2 unspecified atom stereocenters. The Morgan fingerprint density at radius 2 is 2.18 bits per heavy atom. The third kappa shape index (κ3) is 3.00. The van der Waals surface area contributed by atoms with Gasteiger partial charge in [-0.2, -0.15) is 0 Å². The number of nitrogens with two attached hydrogens (primary N) is 1. The molecule has 0 heterocycles. The topological polar surface area (TPSA) is 92.8 Å².